The van der Waals surface area contributed by atoms with Crippen LogP contribution in [0, 0.1) is 5.82 Å². The van der Waals surface area contributed by atoms with E-state index in [1.807, 2.05) is 32.9 Å². The number of rotatable bonds is 10. The lowest BCUT2D eigenvalue weighted by atomic mass is 9.91. The van der Waals surface area contributed by atoms with Gasteiger partial charge in [0.15, 0.2) is 11.5 Å². The van der Waals surface area contributed by atoms with Gasteiger partial charge in [-0.15, -0.1) is 0 Å². The van der Waals surface area contributed by atoms with Crippen LogP contribution in [-0.4, -0.2) is 47.2 Å². The number of nitrogens with zero attached hydrogens (tertiary/aromatic N) is 1. The van der Waals surface area contributed by atoms with E-state index < -0.39 is 29.8 Å². The van der Waals surface area contributed by atoms with Crippen molar-refractivity contribution in [3.8, 4) is 17.2 Å². The monoisotopic (exact) mass is 555 g/mol. The summed E-state index contributed by atoms with van der Waals surface area (Å²) < 4.78 is 31.5. The van der Waals surface area contributed by atoms with Crippen molar-refractivity contribution >= 4 is 23.5 Å². The zero-order valence-corrected chi connectivity index (χ0v) is 23.0. The quantitative estimate of drug-likeness (QED) is 0.333. The fourth-order valence-electron chi connectivity index (χ4n) is 4.76. The number of amides is 1. The molecule has 39 heavy (non-hydrogen) atoms. The highest BCUT2D eigenvalue weighted by Gasteiger charge is 2.38. The summed E-state index contributed by atoms with van der Waals surface area (Å²) in [5.74, 6) is -0.502. The zero-order chi connectivity index (χ0) is 28.3. The van der Waals surface area contributed by atoms with Crippen LogP contribution >= 0.6 is 11.6 Å². The molecule has 0 radical (unpaired) electrons. The lowest BCUT2D eigenvalue weighted by Gasteiger charge is -2.24. The van der Waals surface area contributed by atoms with Crippen LogP contribution in [0.2, 0.25) is 5.02 Å². The van der Waals surface area contributed by atoms with Gasteiger partial charge in [0.25, 0.3) is 5.91 Å². The number of benzene rings is 3. The van der Waals surface area contributed by atoms with Crippen molar-refractivity contribution in [3.63, 3.8) is 0 Å². The van der Waals surface area contributed by atoms with E-state index in [4.69, 9.17) is 25.8 Å². The Morgan fingerprint density at radius 3 is 2.44 bits per heavy atom. The highest BCUT2D eigenvalue weighted by Crippen LogP contribution is 2.44. The topological polar surface area (TPSA) is 85.3 Å². The van der Waals surface area contributed by atoms with Gasteiger partial charge in [0.05, 0.1) is 18.2 Å². The second-order valence-electron chi connectivity index (χ2n) is 10.2. The molecule has 7 nitrogen and oxygen atoms in total. The van der Waals surface area contributed by atoms with Crippen molar-refractivity contribution in [2.24, 2.45) is 0 Å². The normalized spacial score (nSPS) is 16.0. The first kappa shape index (κ1) is 28.2. The Balaban J connectivity index is 1.57. The van der Waals surface area contributed by atoms with Gasteiger partial charge in [-0.05, 0) is 68.3 Å². The number of carboxylic acids is 1. The summed E-state index contributed by atoms with van der Waals surface area (Å²) in [6.45, 7) is 5.39. The minimum atomic E-state index is -1.12. The van der Waals surface area contributed by atoms with Crippen molar-refractivity contribution in [2.75, 3.05) is 13.7 Å². The minimum absolute atomic E-state index is 0.0221. The molecule has 0 saturated heterocycles. The van der Waals surface area contributed by atoms with Crippen LogP contribution in [0.5, 0.6) is 17.2 Å². The number of carbonyl (C=O) groups is 2. The van der Waals surface area contributed by atoms with Gasteiger partial charge < -0.3 is 24.2 Å². The Labute approximate surface area is 232 Å². The fourth-order valence-corrected chi connectivity index (χ4v) is 4.88. The molecule has 9 heteroatoms. The van der Waals surface area contributed by atoms with Crippen molar-refractivity contribution < 1.29 is 33.3 Å². The summed E-state index contributed by atoms with van der Waals surface area (Å²) in [5.41, 5.74) is 1.81. The maximum atomic E-state index is 14.0. The van der Waals surface area contributed by atoms with Crippen LogP contribution in [0.4, 0.5) is 4.39 Å². The third-order valence-corrected chi connectivity index (χ3v) is 6.66. The second kappa shape index (κ2) is 11.5. The van der Waals surface area contributed by atoms with E-state index in [0.29, 0.717) is 30.1 Å². The maximum absolute atomic E-state index is 14.0. The molecule has 3 aromatic rings. The van der Waals surface area contributed by atoms with E-state index in [9.17, 15) is 19.1 Å². The third-order valence-electron chi connectivity index (χ3n) is 6.36. The van der Waals surface area contributed by atoms with Gasteiger partial charge in [-0.3, -0.25) is 9.59 Å². The number of fused-ring (bicyclic) bond motifs is 1. The molecule has 4 rings (SSSR count). The van der Waals surface area contributed by atoms with E-state index in [-0.39, 0.29) is 23.2 Å². The number of methoxy groups -OCH3 is 1. The van der Waals surface area contributed by atoms with Crippen LogP contribution in [0.3, 0.4) is 0 Å². The highest BCUT2D eigenvalue weighted by atomic mass is 35.5. The molecule has 1 aliphatic rings. The Hall–Kier alpha value is -3.78. The largest absolute Gasteiger partial charge is 0.493 e. The van der Waals surface area contributed by atoms with E-state index in [1.165, 1.54) is 24.1 Å². The van der Waals surface area contributed by atoms with Crippen LogP contribution in [0.15, 0.2) is 54.6 Å². The average Bonchev–Trinajstić information content (AvgIpc) is 3.21. The number of hydrogen-bond donors (Lipinski definition) is 1. The predicted molar refractivity (Wildman–Crippen MR) is 145 cm³/mol. The van der Waals surface area contributed by atoms with Crippen molar-refractivity contribution in [2.45, 2.75) is 51.9 Å². The van der Waals surface area contributed by atoms with Crippen LogP contribution < -0.4 is 14.2 Å². The van der Waals surface area contributed by atoms with Gasteiger partial charge in [-0.25, -0.2) is 4.39 Å². The molecule has 1 amide bonds. The van der Waals surface area contributed by atoms with Gasteiger partial charge in [0.1, 0.15) is 23.7 Å². The first-order valence-electron chi connectivity index (χ1n) is 12.6. The van der Waals surface area contributed by atoms with Crippen molar-refractivity contribution in [3.05, 3.63) is 87.7 Å². The molecule has 1 heterocycles. The van der Waals surface area contributed by atoms with E-state index in [0.717, 1.165) is 16.7 Å². The summed E-state index contributed by atoms with van der Waals surface area (Å²) >= 11 is 5.82. The molecular weight excluding hydrogens is 525 g/mol. The molecule has 1 aliphatic heterocycles. The number of halogens is 2. The Morgan fingerprint density at radius 2 is 1.82 bits per heavy atom. The smallest absolute Gasteiger partial charge is 0.323 e. The summed E-state index contributed by atoms with van der Waals surface area (Å²) in [4.78, 5) is 26.5. The summed E-state index contributed by atoms with van der Waals surface area (Å²) in [7, 11) is 1.48. The predicted octanol–water partition coefficient (Wildman–Crippen LogP) is 5.94. The highest BCUT2D eigenvalue weighted by molar-refractivity contribution is 6.30. The molecule has 3 aromatic carbocycles. The first-order valence-corrected chi connectivity index (χ1v) is 12.9. The number of aliphatic carboxylic acids is 1. The zero-order valence-electron chi connectivity index (χ0n) is 22.3. The van der Waals surface area contributed by atoms with Crippen LogP contribution in [-0.2, 0) is 24.2 Å². The third kappa shape index (κ3) is 6.81. The van der Waals surface area contributed by atoms with Crippen LogP contribution in [0.1, 0.15) is 47.8 Å². The number of carboxylic acid groups (broad SMARTS) is 1. The molecule has 0 aromatic heterocycles. The first-order chi connectivity index (χ1) is 18.5. The van der Waals surface area contributed by atoms with Crippen molar-refractivity contribution in [1.29, 1.82) is 0 Å². The number of carbonyl (C=O) groups excluding carboxylic acids is 1. The lowest BCUT2D eigenvalue weighted by Crippen LogP contribution is -2.35. The summed E-state index contributed by atoms with van der Waals surface area (Å²) in [6.07, 6.45) is 0.874. The molecular formula is C30H31ClFNO6. The van der Waals surface area contributed by atoms with Gasteiger partial charge >= 0.3 is 5.97 Å². The molecule has 1 N–H and O–H groups in total. The molecule has 0 saturated carbocycles. The minimum Gasteiger partial charge on any atom is -0.493 e. The molecule has 1 atom stereocenters. The van der Waals surface area contributed by atoms with E-state index in [2.05, 4.69) is 0 Å². The molecule has 0 aliphatic carbocycles. The lowest BCUT2D eigenvalue weighted by molar-refractivity contribution is -0.137. The SMILES string of the molecule is COc1cc(C(=O)N(CC(=O)O)Cc2ccc(OC(C)C)cc2)cc2c1OC(C)(Cc1ccc(Cl)c(F)c1)C2. The summed E-state index contributed by atoms with van der Waals surface area (Å²) in [6, 6.07) is 15.1. The van der Waals surface area contributed by atoms with Gasteiger partial charge in [-0.1, -0.05) is 29.8 Å². The molecule has 0 bridgehead atoms. The standard InChI is InChI=1S/C30H31ClFNO6/c1-18(2)38-23-8-5-19(6-9-23)16-33(17-27(34)35)29(36)21-12-22-15-30(3,39-28(22)26(13-21)37-4)14-20-7-10-24(31)25(32)11-20/h5-13,18H,14-17H2,1-4H3,(H,34,35). The average molecular weight is 556 g/mol. The Kier molecular flexibility index (Phi) is 8.35. The molecule has 0 fully saturated rings. The molecule has 1 unspecified atom stereocenters. The molecule has 0 spiro atoms. The van der Waals surface area contributed by atoms with E-state index in [1.54, 1.807) is 30.3 Å². The van der Waals surface area contributed by atoms with Gasteiger partial charge in [0.2, 0.25) is 0 Å². The molecule has 206 valence electrons. The Morgan fingerprint density at radius 1 is 1.13 bits per heavy atom. The van der Waals surface area contributed by atoms with E-state index >= 15 is 0 Å². The van der Waals surface area contributed by atoms with Crippen molar-refractivity contribution in [1.82, 2.24) is 4.90 Å². The van der Waals surface area contributed by atoms with Gasteiger partial charge in [-0.2, -0.15) is 0 Å². The number of ether oxygens (including phenoxy) is 3. The summed E-state index contributed by atoms with van der Waals surface area (Å²) in [5, 5.41) is 9.56. The Bertz CT molecular complexity index is 1380. The van der Waals surface area contributed by atoms with Gasteiger partial charge in [0, 0.05) is 30.5 Å². The number of hydrogen-bond acceptors (Lipinski definition) is 5. The second-order valence-corrected chi connectivity index (χ2v) is 10.6. The maximum Gasteiger partial charge on any atom is 0.323 e. The van der Waals surface area contributed by atoms with Crippen LogP contribution in [0.25, 0.3) is 0 Å². The fraction of sp³-hybridized carbons (Fsp3) is 0.333.